The summed E-state index contributed by atoms with van der Waals surface area (Å²) in [4.78, 5) is 28.5. The van der Waals surface area contributed by atoms with Crippen molar-refractivity contribution in [3.05, 3.63) is 64.1 Å². The second kappa shape index (κ2) is 7.29. The van der Waals surface area contributed by atoms with Crippen molar-refractivity contribution in [2.24, 2.45) is 0 Å². The van der Waals surface area contributed by atoms with E-state index in [9.17, 15) is 14.9 Å². The van der Waals surface area contributed by atoms with Crippen LogP contribution in [0.2, 0.25) is 0 Å². The van der Waals surface area contributed by atoms with Gasteiger partial charge < -0.3 is 24.8 Å². The number of aromatic amines is 1. The van der Waals surface area contributed by atoms with Crippen LogP contribution >= 0.6 is 0 Å². The summed E-state index contributed by atoms with van der Waals surface area (Å²) in [5.74, 6) is -0.0365. The fourth-order valence-electron chi connectivity index (χ4n) is 3.47. The van der Waals surface area contributed by atoms with Crippen LogP contribution in [0.3, 0.4) is 0 Å². The number of pyridine rings is 1. The van der Waals surface area contributed by atoms with Crippen LogP contribution in [0, 0.1) is 11.3 Å². The van der Waals surface area contributed by atoms with Gasteiger partial charge in [-0.25, -0.2) is 4.79 Å². The van der Waals surface area contributed by atoms with E-state index in [0.717, 1.165) is 0 Å². The topological polar surface area (TPSA) is 123 Å². The average molecular weight is 402 g/mol. The zero-order valence-electron chi connectivity index (χ0n) is 16.4. The summed E-state index contributed by atoms with van der Waals surface area (Å²) >= 11 is 0. The monoisotopic (exact) mass is 402 g/mol. The van der Waals surface area contributed by atoms with E-state index in [1.807, 2.05) is 13.0 Å². The number of rotatable bonds is 4. The highest BCUT2D eigenvalue weighted by molar-refractivity contribution is 5.97. The molecule has 0 unspecified atom stereocenters. The number of esters is 1. The van der Waals surface area contributed by atoms with Gasteiger partial charge in [0.15, 0.2) is 11.1 Å². The molecule has 0 bridgehead atoms. The van der Waals surface area contributed by atoms with Crippen molar-refractivity contribution in [3.63, 3.8) is 0 Å². The van der Waals surface area contributed by atoms with E-state index in [4.69, 9.17) is 15.2 Å². The lowest BCUT2D eigenvalue weighted by molar-refractivity contribution is 0.0593. The van der Waals surface area contributed by atoms with E-state index < -0.39 is 5.97 Å². The van der Waals surface area contributed by atoms with Crippen LogP contribution in [0.1, 0.15) is 23.0 Å². The second-order valence-electron chi connectivity index (χ2n) is 6.60. The minimum absolute atomic E-state index is 0.0416. The van der Waals surface area contributed by atoms with Crippen LogP contribution < -0.4 is 15.9 Å². The third-order valence-electron chi connectivity index (χ3n) is 4.89. The zero-order valence-corrected chi connectivity index (χ0v) is 16.4. The number of anilines is 1. The van der Waals surface area contributed by atoms with E-state index in [1.165, 1.54) is 17.9 Å². The number of carbonyl (C=O) groups excluding carboxylic acids is 1. The third kappa shape index (κ3) is 2.93. The molecule has 150 valence electrons. The van der Waals surface area contributed by atoms with Gasteiger partial charge in [0.2, 0.25) is 0 Å². The highest BCUT2D eigenvalue weighted by atomic mass is 16.5. The largest absolute Gasteiger partial charge is 0.494 e. The average Bonchev–Trinajstić information content (AvgIpc) is 3.10. The molecule has 4 rings (SSSR count). The molecule has 2 heterocycles. The van der Waals surface area contributed by atoms with Gasteiger partial charge in [0.05, 0.1) is 36.0 Å². The standard InChI is InChI=1S/C22H18N4O4/c1-3-30-14-5-7-17-16(9-14)21(27)15-6-4-13(8-18(15)25-17)26-11-12(10-23)19(24)20(26)22(28)29-2/h4-9,11H,3,24H2,1-2H3,(H,25,27). The van der Waals surface area contributed by atoms with E-state index in [-0.39, 0.29) is 22.4 Å². The lowest BCUT2D eigenvalue weighted by atomic mass is 10.1. The molecule has 0 amide bonds. The minimum Gasteiger partial charge on any atom is -0.494 e. The number of ether oxygens (including phenoxy) is 2. The van der Waals surface area contributed by atoms with E-state index in [2.05, 4.69) is 4.98 Å². The predicted octanol–water partition coefficient (Wildman–Crippen LogP) is 3.11. The molecule has 4 aromatic rings. The molecular weight excluding hydrogens is 384 g/mol. The van der Waals surface area contributed by atoms with Gasteiger partial charge in [0, 0.05) is 22.7 Å². The number of nitrogens with one attached hydrogen (secondary N) is 1. The Morgan fingerprint density at radius 2 is 2.00 bits per heavy atom. The Labute approximate surface area is 171 Å². The van der Waals surface area contributed by atoms with Gasteiger partial charge in [0.25, 0.3) is 0 Å². The van der Waals surface area contributed by atoms with Gasteiger partial charge in [-0.1, -0.05) is 0 Å². The number of hydrogen-bond donors (Lipinski definition) is 2. The highest BCUT2D eigenvalue weighted by Gasteiger charge is 2.22. The number of nitrogens with zero attached hydrogens (tertiary/aromatic N) is 2. The first kappa shape index (κ1) is 19.1. The smallest absolute Gasteiger partial charge is 0.357 e. The van der Waals surface area contributed by atoms with E-state index in [1.54, 1.807) is 36.4 Å². The molecule has 2 aromatic heterocycles. The van der Waals surface area contributed by atoms with Crippen molar-refractivity contribution in [3.8, 4) is 17.5 Å². The summed E-state index contributed by atoms with van der Waals surface area (Å²) in [5, 5.41) is 10.3. The number of benzene rings is 2. The van der Waals surface area contributed by atoms with Crippen LogP contribution in [0.5, 0.6) is 5.75 Å². The fourth-order valence-corrected chi connectivity index (χ4v) is 3.47. The molecule has 0 radical (unpaired) electrons. The van der Waals surface area contributed by atoms with Crippen LogP contribution in [-0.4, -0.2) is 29.2 Å². The Kier molecular flexibility index (Phi) is 4.64. The van der Waals surface area contributed by atoms with Crippen LogP contribution in [0.15, 0.2) is 47.4 Å². The van der Waals surface area contributed by atoms with E-state index in [0.29, 0.717) is 39.8 Å². The Hall–Kier alpha value is -4.25. The summed E-state index contributed by atoms with van der Waals surface area (Å²) < 4.78 is 11.8. The number of nitrogen functional groups attached to an aromatic ring is 1. The van der Waals surface area contributed by atoms with Gasteiger partial charge in [-0.05, 0) is 43.3 Å². The SMILES string of the molecule is CCOc1ccc2[nH]c3cc(-n4cc(C#N)c(N)c4C(=O)OC)ccc3c(=O)c2c1. The zero-order chi connectivity index (χ0) is 21.4. The Bertz CT molecular complexity index is 1410. The Morgan fingerprint density at radius 1 is 1.20 bits per heavy atom. The first-order chi connectivity index (χ1) is 14.5. The van der Waals surface area contributed by atoms with Gasteiger partial charge in [-0.3, -0.25) is 4.79 Å². The number of fused-ring (bicyclic) bond motifs is 2. The van der Waals surface area contributed by atoms with Crippen molar-refractivity contribution < 1.29 is 14.3 Å². The molecule has 0 saturated carbocycles. The normalized spacial score (nSPS) is 10.8. The quantitative estimate of drug-likeness (QED) is 0.399. The van der Waals surface area contributed by atoms with Crippen molar-refractivity contribution in [2.45, 2.75) is 6.92 Å². The van der Waals surface area contributed by atoms with E-state index >= 15 is 0 Å². The van der Waals surface area contributed by atoms with Crippen LogP contribution in [0.25, 0.3) is 27.5 Å². The highest BCUT2D eigenvalue weighted by Crippen LogP contribution is 2.27. The number of H-pyrrole nitrogens is 1. The van der Waals surface area contributed by atoms with Gasteiger partial charge in [-0.2, -0.15) is 5.26 Å². The molecule has 2 aromatic carbocycles. The summed E-state index contributed by atoms with van der Waals surface area (Å²) in [6.45, 7) is 2.39. The maximum Gasteiger partial charge on any atom is 0.357 e. The number of hydrogen-bond acceptors (Lipinski definition) is 6. The third-order valence-corrected chi connectivity index (χ3v) is 4.89. The molecule has 0 aliphatic carbocycles. The molecule has 30 heavy (non-hydrogen) atoms. The van der Waals surface area contributed by atoms with Crippen molar-refractivity contribution >= 4 is 33.5 Å². The van der Waals surface area contributed by atoms with Crippen molar-refractivity contribution in [1.29, 1.82) is 5.26 Å². The Balaban J connectivity index is 1.94. The molecule has 0 fully saturated rings. The van der Waals surface area contributed by atoms with Crippen molar-refractivity contribution in [1.82, 2.24) is 9.55 Å². The molecular formula is C22H18N4O4. The lowest BCUT2D eigenvalue weighted by Gasteiger charge is -2.11. The van der Waals surface area contributed by atoms with Crippen LogP contribution in [-0.2, 0) is 4.74 Å². The maximum atomic E-state index is 13.0. The first-order valence-electron chi connectivity index (χ1n) is 9.20. The molecule has 3 N–H and O–H groups in total. The minimum atomic E-state index is -0.662. The number of aromatic nitrogens is 2. The van der Waals surface area contributed by atoms with Crippen molar-refractivity contribution in [2.75, 3.05) is 19.5 Å². The summed E-state index contributed by atoms with van der Waals surface area (Å²) in [7, 11) is 1.24. The Morgan fingerprint density at radius 3 is 2.70 bits per heavy atom. The number of methoxy groups -OCH3 is 1. The fraction of sp³-hybridized carbons (Fsp3) is 0.136. The molecule has 8 nitrogen and oxygen atoms in total. The molecule has 0 atom stereocenters. The predicted molar refractivity (Wildman–Crippen MR) is 113 cm³/mol. The van der Waals surface area contributed by atoms with Crippen LogP contribution in [0.4, 0.5) is 5.69 Å². The molecule has 8 heteroatoms. The number of nitriles is 1. The number of nitrogens with two attached hydrogens (primary N) is 1. The number of carbonyl (C=O) groups is 1. The van der Waals surface area contributed by atoms with Gasteiger partial charge in [-0.15, -0.1) is 0 Å². The van der Waals surface area contributed by atoms with Gasteiger partial charge in [0.1, 0.15) is 11.8 Å². The summed E-state index contributed by atoms with van der Waals surface area (Å²) in [5.41, 5.74) is 7.87. The molecule has 0 saturated heterocycles. The second-order valence-corrected chi connectivity index (χ2v) is 6.60. The summed E-state index contributed by atoms with van der Waals surface area (Å²) in [6.07, 6.45) is 1.47. The molecule has 0 aliphatic rings. The van der Waals surface area contributed by atoms with Gasteiger partial charge >= 0.3 is 5.97 Å². The summed E-state index contributed by atoms with van der Waals surface area (Å²) in [6, 6.07) is 12.3. The maximum absolute atomic E-state index is 13.0. The molecule has 0 spiro atoms. The molecule has 0 aliphatic heterocycles. The first-order valence-corrected chi connectivity index (χ1v) is 9.20. The lowest BCUT2D eigenvalue weighted by Crippen LogP contribution is -2.11.